The molecular weight excluding hydrogens is 432 g/mol. The van der Waals surface area contributed by atoms with Gasteiger partial charge in [0.1, 0.15) is 23.0 Å². The van der Waals surface area contributed by atoms with E-state index in [0.29, 0.717) is 50.7 Å². The number of fused-ring (bicyclic) bond motifs is 1. The van der Waals surface area contributed by atoms with E-state index in [4.69, 9.17) is 9.15 Å². The summed E-state index contributed by atoms with van der Waals surface area (Å²) in [5.74, 6) is -0.980. The van der Waals surface area contributed by atoms with Gasteiger partial charge >= 0.3 is 5.63 Å². The molecule has 1 aromatic heterocycles. The number of piperazine rings is 1. The molecule has 0 radical (unpaired) electrons. The Morgan fingerprint density at radius 3 is 2.58 bits per heavy atom. The summed E-state index contributed by atoms with van der Waals surface area (Å²) in [6.07, 6.45) is 0. The Bertz CT molecular complexity index is 1210. The van der Waals surface area contributed by atoms with Gasteiger partial charge in [-0.05, 0) is 42.8 Å². The summed E-state index contributed by atoms with van der Waals surface area (Å²) in [4.78, 5) is 28.4. The van der Waals surface area contributed by atoms with Crippen LogP contribution in [0.3, 0.4) is 0 Å². The molecule has 2 aromatic carbocycles. The van der Waals surface area contributed by atoms with Crippen LogP contribution < -0.4 is 15.7 Å². The van der Waals surface area contributed by atoms with E-state index in [2.05, 4.69) is 10.2 Å². The first-order valence-electron chi connectivity index (χ1n) is 10.8. The van der Waals surface area contributed by atoms with Gasteiger partial charge in [0, 0.05) is 50.2 Å². The molecule has 0 spiro atoms. The minimum atomic E-state index is -0.679. The second-order valence-corrected chi connectivity index (χ2v) is 7.91. The van der Waals surface area contributed by atoms with Crippen LogP contribution in [0.25, 0.3) is 11.0 Å². The van der Waals surface area contributed by atoms with E-state index in [1.807, 2.05) is 17.9 Å². The first kappa shape index (κ1) is 22.9. The molecule has 1 amide bonds. The van der Waals surface area contributed by atoms with E-state index >= 15 is 0 Å². The molecule has 3 aromatic rings. The Labute approximate surface area is 189 Å². The third kappa shape index (κ3) is 5.74. The van der Waals surface area contributed by atoms with E-state index in [-0.39, 0.29) is 12.2 Å². The predicted molar refractivity (Wildman–Crippen MR) is 120 cm³/mol. The first-order chi connectivity index (χ1) is 15.9. The molecule has 7 nitrogen and oxygen atoms in total. The number of rotatable bonds is 7. The molecule has 33 heavy (non-hydrogen) atoms. The number of benzene rings is 2. The van der Waals surface area contributed by atoms with Crippen molar-refractivity contribution in [3.8, 4) is 5.75 Å². The van der Waals surface area contributed by atoms with E-state index < -0.39 is 23.2 Å². The second kappa shape index (κ2) is 10.1. The van der Waals surface area contributed by atoms with Crippen LogP contribution >= 0.6 is 0 Å². The normalized spacial score (nSPS) is 15.0. The number of carbonyl (C=O) groups excluding carboxylic acids is 1. The lowest BCUT2D eigenvalue weighted by molar-refractivity contribution is -0.117. The minimum absolute atomic E-state index is 0.0827. The Morgan fingerprint density at radius 2 is 1.82 bits per heavy atom. The molecular formula is C24H25F2N3O4. The standard InChI is InChI=1S/C24H25F2N3O4/c1-2-32-18-4-6-22-19(13-18)16(11-24(31)33-22)14-28-7-9-29(10-8-28)15-23(30)27-21-12-17(25)3-5-20(21)26/h3-6,11-13H,2,7-10,14-15H2,1H3,(H,27,30). The molecule has 0 aliphatic carbocycles. The van der Waals surface area contributed by atoms with Crippen LogP contribution in [0.15, 0.2) is 51.7 Å². The predicted octanol–water partition coefficient (Wildman–Crippen LogP) is 3.23. The highest BCUT2D eigenvalue weighted by Gasteiger charge is 2.21. The van der Waals surface area contributed by atoms with Gasteiger partial charge in [-0.1, -0.05) is 0 Å². The van der Waals surface area contributed by atoms with Crippen LogP contribution in [-0.4, -0.2) is 55.0 Å². The molecule has 1 saturated heterocycles. The summed E-state index contributed by atoms with van der Waals surface area (Å²) in [6.45, 7) is 5.73. The lowest BCUT2D eigenvalue weighted by Crippen LogP contribution is -2.48. The molecule has 2 heterocycles. The zero-order valence-electron chi connectivity index (χ0n) is 18.3. The van der Waals surface area contributed by atoms with Gasteiger partial charge in [-0.2, -0.15) is 0 Å². The molecule has 1 aliphatic rings. The molecule has 1 N–H and O–H groups in total. The lowest BCUT2D eigenvalue weighted by Gasteiger charge is -2.34. The van der Waals surface area contributed by atoms with Gasteiger partial charge < -0.3 is 14.5 Å². The Kier molecular flexibility index (Phi) is 7.00. The Balaban J connectivity index is 1.36. The van der Waals surface area contributed by atoms with Crippen molar-refractivity contribution in [1.82, 2.24) is 9.80 Å². The summed E-state index contributed by atoms with van der Waals surface area (Å²) in [5, 5.41) is 3.26. The second-order valence-electron chi connectivity index (χ2n) is 7.91. The van der Waals surface area contributed by atoms with Gasteiger partial charge in [-0.15, -0.1) is 0 Å². The quantitative estimate of drug-likeness (QED) is 0.549. The maximum absolute atomic E-state index is 13.7. The van der Waals surface area contributed by atoms with Crippen molar-refractivity contribution in [2.24, 2.45) is 0 Å². The third-order valence-corrected chi connectivity index (χ3v) is 5.54. The SMILES string of the molecule is CCOc1ccc2oc(=O)cc(CN3CCN(CC(=O)Nc4cc(F)ccc4F)CC3)c2c1. The summed E-state index contributed by atoms with van der Waals surface area (Å²) >= 11 is 0. The third-order valence-electron chi connectivity index (χ3n) is 5.54. The van der Waals surface area contributed by atoms with Gasteiger partial charge in [0.2, 0.25) is 5.91 Å². The van der Waals surface area contributed by atoms with Crippen LogP contribution in [0, 0.1) is 11.6 Å². The van der Waals surface area contributed by atoms with E-state index in [1.165, 1.54) is 6.07 Å². The van der Waals surface area contributed by atoms with Crippen molar-refractivity contribution in [3.63, 3.8) is 0 Å². The number of halogens is 2. The Morgan fingerprint density at radius 1 is 1.06 bits per heavy atom. The van der Waals surface area contributed by atoms with Crippen molar-refractivity contribution in [1.29, 1.82) is 0 Å². The average Bonchev–Trinajstić information content (AvgIpc) is 2.78. The molecule has 9 heteroatoms. The number of nitrogens with zero attached hydrogens (tertiary/aromatic N) is 2. The summed E-state index contributed by atoms with van der Waals surface area (Å²) in [7, 11) is 0. The number of anilines is 1. The summed E-state index contributed by atoms with van der Waals surface area (Å²) in [6, 6.07) is 9.84. The fourth-order valence-corrected chi connectivity index (χ4v) is 3.93. The number of hydrogen-bond donors (Lipinski definition) is 1. The van der Waals surface area contributed by atoms with Crippen LogP contribution in [-0.2, 0) is 11.3 Å². The lowest BCUT2D eigenvalue weighted by atomic mass is 10.1. The summed E-state index contributed by atoms with van der Waals surface area (Å²) in [5.41, 5.74) is 0.804. The molecule has 0 unspecified atom stereocenters. The van der Waals surface area contributed by atoms with Crippen LogP contribution in [0.4, 0.5) is 14.5 Å². The van der Waals surface area contributed by atoms with Crippen molar-refractivity contribution >= 4 is 22.6 Å². The monoisotopic (exact) mass is 457 g/mol. The Hall–Kier alpha value is -3.30. The molecule has 0 saturated carbocycles. The van der Waals surface area contributed by atoms with E-state index in [0.717, 1.165) is 29.1 Å². The molecule has 1 aliphatic heterocycles. The van der Waals surface area contributed by atoms with Gasteiger partial charge in [-0.3, -0.25) is 14.6 Å². The largest absolute Gasteiger partial charge is 0.494 e. The van der Waals surface area contributed by atoms with Crippen LogP contribution in [0.2, 0.25) is 0 Å². The highest BCUT2D eigenvalue weighted by molar-refractivity contribution is 5.92. The number of carbonyl (C=O) groups is 1. The first-order valence-corrected chi connectivity index (χ1v) is 10.8. The van der Waals surface area contributed by atoms with Crippen molar-refractivity contribution in [3.05, 3.63) is 70.1 Å². The van der Waals surface area contributed by atoms with Crippen molar-refractivity contribution < 1.29 is 22.7 Å². The number of nitrogens with one attached hydrogen (secondary N) is 1. The summed E-state index contributed by atoms with van der Waals surface area (Å²) < 4.78 is 37.9. The number of amides is 1. The van der Waals surface area contributed by atoms with Gasteiger partial charge in [-0.25, -0.2) is 13.6 Å². The fourth-order valence-electron chi connectivity index (χ4n) is 3.93. The molecule has 0 atom stereocenters. The topological polar surface area (TPSA) is 75.0 Å². The fraction of sp³-hybridized carbons (Fsp3) is 0.333. The van der Waals surface area contributed by atoms with Crippen LogP contribution in [0.1, 0.15) is 12.5 Å². The molecule has 4 rings (SSSR count). The maximum Gasteiger partial charge on any atom is 0.336 e. The van der Waals surface area contributed by atoms with Gasteiger partial charge in [0.05, 0.1) is 18.8 Å². The average molecular weight is 457 g/mol. The zero-order chi connectivity index (χ0) is 23.4. The van der Waals surface area contributed by atoms with Crippen molar-refractivity contribution in [2.45, 2.75) is 13.5 Å². The number of ether oxygens (including phenoxy) is 1. The minimum Gasteiger partial charge on any atom is -0.494 e. The molecule has 1 fully saturated rings. The maximum atomic E-state index is 13.7. The van der Waals surface area contributed by atoms with Gasteiger partial charge in [0.25, 0.3) is 0 Å². The zero-order valence-corrected chi connectivity index (χ0v) is 18.3. The van der Waals surface area contributed by atoms with Crippen LogP contribution in [0.5, 0.6) is 5.75 Å². The highest BCUT2D eigenvalue weighted by Crippen LogP contribution is 2.24. The smallest absolute Gasteiger partial charge is 0.336 e. The van der Waals surface area contributed by atoms with E-state index in [9.17, 15) is 18.4 Å². The van der Waals surface area contributed by atoms with Gasteiger partial charge in [0.15, 0.2) is 0 Å². The van der Waals surface area contributed by atoms with E-state index in [1.54, 1.807) is 12.1 Å². The van der Waals surface area contributed by atoms with Crippen molar-refractivity contribution in [2.75, 3.05) is 44.6 Å². The highest BCUT2D eigenvalue weighted by atomic mass is 19.1. The molecule has 0 bridgehead atoms. The number of hydrogen-bond acceptors (Lipinski definition) is 6. The molecule has 174 valence electrons.